The first-order valence-electron chi connectivity index (χ1n) is 11.4. The molecule has 176 valence electrons. The zero-order chi connectivity index (χ0) is 23.5. The molecule has 7 nitrogen and oxygen atoms in total. The lowest BCUT2D eigenvalue weighted by Gasteiger charge is -2.26. The number of hydrogen-bond donors (Lipinski definition) is 1. The van der Waals surface area contributed by atoms with E-state index < -0.39 is 10.0 Å². The molecule has 0 bridgehead atoms. The lowest BCUT2D eigenvalue weighted by Crippen LogP contribution is -2.30. The van der Waals surface area contributed by atoms with Crippen molar-refractivity contribution in [1.29, 1.82) is 0 Å². The van der Waals surface area contributed by atoms with Crippen molar-refractivity contribution in [3.05, 3.63) is 83.9 Å². The number of fused-ring (bicyclic) bond motifs is 1. The Morgan fingerprint density at radius 2 is 1.68 bits per heavy atom. The number of rotatable bonds is 5. The summed E-state index contributed by atoms with van der Waals surface area (Å²) in [5, 5.41) is 0. The molecule has 0 saturated carbocycles. The molecule has 1 fully saturated rings. The van der Waals surface area contributed by atoms with Gasteiger partial charge in [-0.2, -0.15) is 0 Å². The highest BCUT2D eigenvalue weighted by atomic mass is 32.2. The van der Waals surface area contributed by atoms with Crippen molar-refractivity contribution in [1.82, 2.24) is 4.90 Å². The van der Waals surface area contributed by atoms with Crippen LogP contribution in [0.4, 0.5) is 5.69 Å². The van der Waals surface area contributed by atoms with Gasteiger partial charge in [-0.05, 0) is 60.9 Å². The maximum Gasteiger partial charge on any atom is 0.261 e. The van der Waals surface area contributed by atoms with E-state index in [-0.39, 0.29) is 16.8 Å². The van der Waals surface area contributed by atoms with Crippen LogP contribution in [0, 0.1) is 0 Å². The number of carbonyl (C=O) groups excluding carboxylic acids is 1. The van der Waals surface area contributed by atoms with Crippen molar-refractivity contribution < 1.29 is 22.7 Å². The van der Waals surface area contributed by atoms with E-state index in [2.05, 4.69) is 4.72 Å². The molecule has 1 atom stereocenters. The van der Waals surface area contributed by atoms with Crippen LogP contribution >= 0.6 is 0 Å². The topological polar surface area (TPSA) is 84.9 Å². The van der Waals surface area contributed by atoms with E-state index in [0.717, 1.165) is 30.6 Å². The van der Waals surface area contributed by atoms with Gasteiger partial charge in [-0.3, -0.25) is 9.52 Å². The number of hydrogen-bond acceptors (Lipinski definition) is 5. The first-order chi connectivity index (χ1) is 16.5. The van der Waals surface area contributed by atoms with Crippen LogP contribution in [-0.4, -0.2) is 39.0 Å². The second-order valence-electron chi connectivity index (χ2n) is 8.41. The predicted octanol–water partition coefficient (Wildman–Crippen LogP) is 4.63. The minimum atomic E-state index is -3.74. The molecule has 8 heteroatoms. The van der Waals surface area contributed by atoms with Gasteiger partial charge in [0.25, 0.3) is 15.9 Å². The quantitative estimate of drug-likeness (QED) is 0.578. The average molecular weight is 479 g/mol. The minimum absolute atomic E-state index is 0.0747. The SMILES string of the molecule is O=C(c1cccc(NS(=O)(=O)c2ccccc2)c1)N1CCC[C@@H]1c1ccc2c(c1)OCCCO2. The zero-order valence-electron chi connectivity index (χ0n) is 18.6. The van der Waals surface area contributed by atoms with Gasteiger partial charge in [-0.1, -0.05) is 30.3 Å². The van der Waals surface area contributed by atoms with Crippen molar-refractivity contribution in [2.75, 3.05) is 24.5 Å². The summed E-state index contributed by atoms with van der Waals surface area (Å²) in [5.74, 6) is 1.32. The maximum atomic E-state index is 13.5. The Kier molecular flexibility index (Phi) is 6.15. The molecule has 34 heavy (non-hydrogen) atoms. The first-order valence-corrected chi connectivity index (χ1v) is 12.9. The lowest BCUT2D eigenvalue weighted by atomic mass is 10.0. The number of ether oxygens (including phenoxy) is 2. The lowest BCUT2D eigenvalue weighted by molar-refractivity contribution is 0.0735. The molecule has 5 rings (SSSR count). The van der Waals surface area contributed by atoms with Gasteiger partial charge < -0.3 is 14.4 Å². The summed E-state index contributed by atoms with van der Waals surface area (Å²) >= 11 is 0. The second-order valence-corrected chi connectivity index (χ2v) is 10.1. The molecule has 2 aliphatic heterocycles. The minimum Gasteiger partial charge on any atom is -0.490 e. The third-order valence-corrected chi connectivity index (χ3v) is 7.48. The number of nitrogens with one attached hydrogen (secondary N) is 1. The van der Waals surface area contributed by atoms with Crippen molar-refractivity contribution in [3.8, 4) is 11.5 Å². The summed E-state index contributed by atoms with van der Waals surface area (Å²) in [5.41, 5.74) is 1.80. The molecule has 3 aromatic carbocycles. The van der Waals surface area contributed by atoms with Crippen LogP contribution < -0.4 is 14.2 Å². The van der Waals surface area contributed by atoms with E-state index in [0.29, 0.717) is 36.8 Å². The van der Waals surface area contributed by atoms with Gasteiger partial charge in [0.2, 0.25) is 0 Å². The smallest absolute Gasteiger partial charge is 0.261 e. The number of carbonyl (C=O) groups is 1. The van der Waals surface area contributed by atoms with Gasteiger partial charge in [0.05, 0.1) is 24.2 Å². The summed E-state index contributed by atoms with van der Waals surface area (Å²) in [6, 6.07) is 20.6. The van der Waals surface area contributed by atoms with Gasteiger partial charge >= 0.3 is 0 Å². The Balaban J connectivity index is 1.37. The molecule has 0 unspecified atom stereocenters. The standard InChI is InChI=1S/C26H26N2O5S/c29-26(20-7-4-8-21(17-20)27-34(30,31)22-9-2-1-3-10-22)28-14-5-11-23(28)19-12-13-24-25(18-19)33-16-6-15-32-24/h1-4,7-10,12-13,17-18,23,27H,5-6,11,14-16H2/t23-/m1/s1. The van der Waals surface area contributed by atoms with E-state index >= 15 is 0 Å². The van der Waals surface area contributed by atoms with Crippen LogP contribution in [-0.2, 0) is 10.0 Å². The predicted molar refractivity (Wildman–Crippen MR) is 129 cm³/mol. The van der Waals surface area contributed by atoms with Crippen LogP contribution in [0.25, 0.3) is 0 Å². The molecule has 1 amide bonds. The van der Waals surface area contributed by atoms with E-state index in [1.54, 1.807) is 42.5 Å². The van der Waals surface area contributed by atoms with Crippen LogP contribution in [0.2, 0.25) is 0 Å². The Labute approximate surface area is 199 Å². The van der Waals surface area contributed by atoms with Crippen molar-refractivity contribution >= 4 is 21.6 Å². The number of amides is 1. The molecule has 1 N–H and O–H groups in total. The number of likely N-dealkylation sites (tertiary alicyclic amines) is 1. The molecule has 0 aliphatic carbocycles. The van der Waals surface area contributed by atoms with E-state index in [9.17, 15) is 13.2 Å². The fraction of sp³-hybridized carbons (Fsp3) is 0.269. The van der Waals surface area contributed by atoms with Crippen LogP contribution in [0.15, 0.2) is 77.7 Å². The van der Waals surface area contributed by atoms with Gasteiger partial charge in [-0.15, -0.1) is 0 Å². The fourth-order valence-electron chi connectivity index (χ4n) is 4.44. The van der Waals surface area contributed by atoms with Crippen LogP contribution in [0.3, 0.4) is 0 Å². The monoisotopic (exact) mass is 478 g/mol. The van der Waals surface area contributed by atoms with E-state index in [4.69, 9.17) is 9.47 Å². The second kappa shape index (κ2) is 9.38. The summed E-state index contributed by atoms with van der Waals surface area (Å²) < 4.78 is 39.5. The first kappa shape index (κ1) is 22.3. The van der Waals surface area contributed by atoms with Crippen molar-refractivity contribution in [2.45, 2.75) is 30.2 Å². The van der Waals surface area contributed by atoms with Gasteiger partial charge in [-0.25, -0.2) is 8.42 Å². The largest absolute Gasteiger partial charge is 0.490 e. The van der Waals surface area contributed by atoms with Gasteiger partial charge in [0, 0.05) is 24.2 Å². The molecular formula is C26H26N2O5S. The molecule has 0 spiro atoms. The summed E-state index contributed by atoms with van der Waals surface area (Å²) in [7, 11) is -3.74. The Bertz CT molecular complexity index is 1290. The molecule has 1 saturated heterocycles. The van der Waals surface area contributed by atoms with E-state index in [1.807, 2.05) is 23.1 Å². The Hall–Kier alpha value is -3.52. The molecule has 2 heterocycles. The number of nitrogens with zero attached hydrogens (tertiary/aromatic N) is 1. The zero-order valence-corrected chi connectivity index (χ0v) is 19.5. The fourth-order valence-corrected chi connectivity index (χ4v) is 5.51. The van der Waals surface area contributed by atoms with E-state index in [1.165, 1.54) is 12.1 Å². The highest BCUT2D eigenvalue weighted by molar-refractivity contribution is 7.92. The number of anilines is 1. The van der Waals surface area contributed by atoms with Gasteiger partial charge in [0.1, 0.15) is 0 Å². The summed E-state index contributed by atoms with van der Waals surface area (Å²) in [4.78, 5) is 15.5. The summed E-state index contributed by atoms with van der Waals surface area (Å²) in [6.45, 7) is 1.87. The Morgan fingerprint density at radius 1 is 0.882 bits per heavy atom. The maximum absolute atomic E-state index is 13.5. The molecule has 2 aliphatic rings. The third-order valence-electron chi connectivity index (χ3n) is 6.09. The van der Waals surface area contributed by atoms with Gasteiger partial charge in [0.15, 0.2) is 11.5 Å². The number of sulfonamides is 1. The molecule has 0 radical (unpaired) electrons. The van der Waals surface area contributed by atoms with Crippen LogP contribution in [0.1, 0.15) is 41.2 Å². The average Bonchev–Trinajstić information content (AvgIpc) is 3.22. The Morgan fingerprint density at radius 3 is 2.50 bits per heavy atom. The highest BCUT2D eigenvalue weighted by Crippen LogP contribution is 2.38. The molecule has 0 aromatic heterocycles. The van der Waals surface area contributed by atoms with Crippen LogP contribution in [0.5, 0.6) is 11.5 Å². The molecule has 3 aromatic rings. The third kappa shape index (κ3) is 4.59. The van der Waals surface area contributed by atoms with Crippen molar-refractivity contribution in [2.24, 2.45) is 0 Å². The highest BCUT2D eigenvalue weighted by Gasteiger charge is 2.31. The normalized spacial score (nSPS) is 17.8. The molecular weight excluding hydrogens is 452 g/mol. The number of benzene rings is 3. The summed E-state index contributed by atoms with van der Waals surface area (Å²) in [6.07, 6.45) is 2.58. The van der Waals surface area contributed by atoms with Crippen molar-refractivity contribution in [3.63, 3.8) is 0 Å².